The van der Waals surface area contributed by atoms with Crippen LogP contribution in [-0.2, 0) is 14.3 Å². The highest BCUT2D eigenvalue weighted by molar-refractivity contribution is 6.19. The predicted molar refractivity (Wildman–Crippen MR) is 54.9 cm³/mol. The van der Waals surface area contributed by atoms with Crippen molar-refractivity contribution in [2.45, 2.75) is 6.92 Å². The monoisotopic (exact) mass is 205 g/mol. The number of carbonyl (C=O) groups is 2. The molecule has 0 spiro atoms. The van der Waals surface area contributed by atoms with Crippen LogP contribution in [0.3, 0.4) is 0 Å². The Kier molecular flexibility index (Phi) is 3.74. The van der Waals surface area contributed by atoms with Gasteiger partial charge in [0.1, 0.15) is 5.57 Å². The fourth-order valence-corrected chi connectivity index (χ4v) is 1.04. The van der Waals surface area contributed by atoms with E-state index in [-0.39, 0.29) is 11.4 Å². The van der Waals surface area contributed by atoms with E-state index in [4.69, 9.17) is 0 Å². The highest BCUT2D eigenvalue weighted by atomic mass is 16.5. The summed E-state index contributed by atoms with van der Waals surface area (Å²) in [5.41, 5.74) is 0.707. The SMILES string of the molecule is COC(=O)/C(=C\c1cccnc1)C(C)=O. The van der Waals surface area contributed by atoms with Gasteiger partial charge in [0.15, 0.2) is 5.78 Å². The molecule has 0 saturated carbocycles. The van der Waals surface area contributed by atoms with E-state index < -0.39 is 5.97 Å². The third-order valence-electron chi connectivity index (χ3n) is 1.78. The van der Waals surface area contributed by atoms with Crippen molar-refractivity contribution in [3.8, 4) is 0 Å². The van der Waals surface area contributed by atoms with Gasteiger partial charge in [0, 0.05) is 12.4 Å². The molecule has 0 saturated heterocycles. The van der Waals surface area contributed by atoms with Gasteiger partial charge in [-0.1, -0.05) is 6.07 Å². The van der Waals surface area contributed by atoms with Crippen LogP contribution in [0.5, 0.6) is 0 Å². The average molecular weight is 205 g/mol. The van der Waals surface area contributed by atoms with Crippen molar-refractivity contribution in [3.05, 3.63) is 35.7 Å². The predicted octanol–water partition coefficient (Wildman–Crippen LogP) is 1.23. The number of nitrogens with zero attached hydrogens (tertiary/aromatic N) is 1. The Morgan fingerprint density at radius 1 is 1.47 bits per heavy atom. The molecule has 0 aromatic carbocycles. The summed E-state index contributed by atoms with van der Waals surface area (Å²) in [4.78, 5) is 26.3. The van der Waals surface area contributed by atoms with Gasteiger partial charge in [-0.05, 0) is 24.6 Å². The van der Waals surface area contributed by atoms with E-state index in [1.54, 1.807) is 24.5 Å². The van der Waals surface area contributed by atoms with E-state index in [0.717, 1.165) is 0 Å². The number of hydrogen-bond acceptors (Lipinski definition) is 4. The summed E-state index contributed by atoms with van der Waals surface area (Å²) < 4.78 is 4.50. The number of ketones is 1. The maximum absolute atomic E-state index is 11.2. The highest BCUT2D eigenvalue weighted by Crippen LogP contribution is 2.07. The topological polar surface area (TPSA) is 56.3 Å². The minimum atomic E-state index is -0.633. The first-order chi connectivity index (χ1) is 7.15. The molecule has 15 heavy (non-hydrogen) atoms. The second-order valence-electron chi connectivity index (χ2n) is 2.89. The van der Waals surface area contributed by atoms with Crippen LogP contribution in [0.4, 0.5) is 0 Å². The first-order valence-corrected chi connectivity index (χ1v) is 4.36. The van der Waals surface area contributed by atoms with Crippen molar-refractivity contribution in [2.24, 2.45) is 0 Å². The van der Waals surface area contributed by atoms with Gasteiger partial charge in [-0.15, -0.1) is 0 Å². The van der Waals surface area contributed by atoms with E-state index in [0.29, 0.717) is 5.56 Å². The van der Waals surface area contributed by atoms with Crippen LogP contribution in [-0.4, -0.2) is 23.8 Å². The maximum Gasteiger partial charge on any atom is 0.341 e. The van der Waals surface area contributed by atoms with Gasteiger partial charge < -0.3 is 4.74 Å². The van der Waals surface area contributed by atoms with Crippen LogP contribution in [0.15, 0.2) is 30.1 Å². The Morgan fingerprint density at radius 2 is 2.20 bits per heavy atom. The van der Waals surface area contributed by atoms with E-state index in [2.05, 4.69) is 9.72 Å². The van der Waals surface area contributed by atoms with Crippen molar-refractivity contribution in [1.29, 1.82) is 0 Å². The Bertz CT molecular complexity index is 396. The van der Waals surface area contributed by atoms with Crippen molar-refractivity contribution in [2.75, 3.05) is 7.11 Å². The smallest absolute Gasteiger partial charge is 0.341 e. The largest absolute Gasteiger partial charge is 0.465 e. The molecule has 4 heteroatoms. The lowest BCUT2D eigenvalue weighted by Crippen LogP contribution is -2.11. The van der Waals surface area contributed by atoms with Gasteiger partial charge in [0.25, 0.3) is 0 Å². The summed E-state index contributed by atoms with van der Waals surface area (Å²) in [5, 5.41) is 0. The normalized spacial score (nSPS) is 10.9. The third-order valence-corrected chi connectivity index (χ3v) is 1.78. The lowest BCUT2D eigenvalue weighted by atomic mass is 10.1. The average Bonchev–Trinajstić information content (AvgIpc) is 2.26. The molecule has 1 rings (SSSR count). The minimum absolute atomic E-state index is 0.0190. The molecule has 1 aromatic rings. The molecule has 4 nitrogen and oxygen atoms in total. The van der Waals surface area contributed by atoms with Gasteiger partial charge in [0.2, 0.25) is 0 Å². The van der Waals surface area contributed by atoms with Crippen molar-refractivity contribution in [3.63, 3.8) is 0 Å². The number of hydrogen-bond donors (Lipinski definition) is 0. The molecule has 0 unspecified atom stereocenters. The minimum Gasteiger partial charge on any atom is -0.465 e. The van der Waals surface area contributed by atoms with E-state index >= 15 is 0 Å². The number of aromatic nitrogens is 1. The molecule has 0 radical (unpaired) electrons. The van der Waals surface area contributed by atoms with Gasteiger partial charge in [0.05, 0.1) is 7.11 Å². The van der Waals surface area contributed by atoms with Crippen molar-refractivity contribution in [1.82, 2.24) is 4.98 Å². The fraction of sp³-hybridized carbons (Fsp3) is 0.182. The summed E-state index contributed by atoms with van der Waals surface area (Å²) in [5.74, 6) is -0.961. The number of esters is 1. The maximum atomic E-state index is 11.2. The molecule has 0 fully saturated rings. The molecule has 0 amide bonds. The van der Waals surface area contributed by atoms with Crippen molar-refractivity contribution >= 4 is 17.8 Å². The van der Waals surface area contributed by atoms with Gasteiger partial charge in [-0.3, -0.25) is 9.78 Å². The zero-order valence-electron chi connectivity index (χ0n) is 8.56. The number of Topliss-reactive ketones (excluding diaryl/α,β-unsaturated/α-hetero) is 1. The Hall–Kier alpha value is -1.97. The Balaban J connectivity index is 3.05. The molecular weight excluding hydrogens is 194 g/mol. The number of rotatable bonds is 3. The summed E-state index contributed by atoms with van der Waals surface area (Å²) in [6.45, 7) is 1.32. The van der Waals surface area contributed by atoms with E-state index in [1.165, 1.54) is 20.1 Å². The molecule has 0 bridgehead atoms. The van der Waals surface area contributed by atoms with Gasteiger partial charge >= 0.3 is 5.97 Å². The van der Waals surface area contributed by atoms with Crippen LogP contribution in [0.25, 0.3) is 6.08 Å². The third kappa shape index (κ3) is 3.02. The quantitative estimate of drug-likeness (QED) is 0.322. The van der Waals surface area contributed by atoms with Crippen LogP contribution in [0, 0.1) is 0 Å². The summed E-state index contributed by atoms with van der Waals surface area (Å²) in [6.07, 6.45) is 4.63. The first kappa shape index (κ1) is 11.1. The van der Waals surface area contributed by atoms with Crippen LogP contribution in [0.1, 0.15) is 12.5 Å². The van der Waals surface area contributed by atoms with Crippen LogP contribution < -0.4 is 0 Å². The highest BCUT2D eigenvalue weighted by Gasteiger charge is 2.14. The molecule has 78 valence electrons. The zero-order valence-corrected chi connectivity index (χ0v) is 8.56. The Labute approximate surface area is 87.6 Å². The fourth-order valence-electron chi connectivity index (χ4n) is 1.04. The van der Waals surface area contributed by atoms with Crippen molar-refractivity contribution < 1.29 is 14.3 Å². The number of carbonyl (C=O) groups excluding carboxylic acids is 2. The second-order valence-corrected chi connectivity index (χ2v) is 2.89. The molecular formula is C11H11NO3. The summed E-state index contributed by atoms with van der Waals surface area (Å²) in [7, 11) is 1.24. The first-order valence-electron chi connectivity index (χ1n) is 4.36. The summed E-state index contributed by atoms with van der Waals surface area (Å²) >= 11 is 0. The van der Waals surface area contributed by atoms with Gasteiger partial charge in [-0.25, -0.2) is 4.79 Å². The van der Waals surface area contributed by atoms with Gasteiger partial charge in [-0.2, -0.15) is 0 Å². The molecule has 1 heterocycles. The Morgan fingerprint density at radius 3 is 2.67 bits per heavy atom. The molecule has 0 atom stereocenters. The van der Waals surface area contributed by atoms with Crippen LogP contribution >= 0.6 is 0 Å². The number of ether oxygens (including phenoxy) is 1. The molecule has 0 aliphatic heterocycles. The van der Waals surface area contributed by atoms with E-state index in [9.17, 15) is 9.59 Å². The number of pyridine rings is 1. The number of methoxy groups -OCH3 is 1. The zero-order chi connectivity index (χ0) is 11.3. The lowest BCUT2D eigenvalue weighted by Gasteiger charge is -2.00. The second kappa shape index (κ2) is 5.05. The lowest BCUT2D eigenvalue weighted by molar-refractivity contribution is -0.137. The standard InChI is InChI=1S/C11H11NO3/c1-8(13)10(11(14)15-2)6-9-4-3-5-12-7-9/h3-7H,1-2H3/b10-6-. The molecule has 0 aliphatic rings. The van der Waals surface area contributed by atoms with Crippen LogP contribution in [0.2, 0.25) is 0 Å². The molecule has 0 N–H and O–H groups in total. The molecule has 1 aromatic heterocycles. The summed E-state index contributed by atoms with van der Waals surface area (Å²) in [6, 6.07) is 3.47. The molecule has 0 aliphatic carbocycles. The van der Waals surface area contributed by atoms with E-state index in [1.807, 2.05) is 0 Å².